The van der Waals surface area contributed by atoms with Crippen LogP contribution in [-0.2, 0) is 4.74 Å². The van der Waals surface area contributed by atoms with E-state index in [1.807, 2.05) is 7.11 Å². The summed E-state index contributed by atoms with van der Waals surface area (Å²) in [7, 11) is 1.84. The molecule has 0 aromatic carbocycles. The molecule has 0 saturated heterocycles. The molecule has 3 aliphatic rings. The molecule has 0 aromatic rings. The Kier molecular flexibility index (Phi) is 3.51. The number of aliphatic hydroxyl groups excluding tert-OH is 1. The Labute approximate surface area is 117 Å². The minimum absolute atomic E-state index is 0.261. The van der Waals surface area contributed by atoms with Gasteiger partial charge in [-0.3, -0.25) is 0 Å². The summed E-state index contributed by atoms with van der Waals surface area (Å²) in [6, 6.07) is 0. The van der Waals surface area contributed by atoms with Gasteiger partial charge >= 0.3 is 0 Å². The van der Waals surface area contributed by atoms with Gasteiger partial charge in [0, 0.05) is 19.6 Å². The fourth-order valence-electron chi connectivity index (χ4n) is 5.56. The van der Waals surface area contributed by atoms with Gasteiger partial charge in [-0.15, -0.1) is 0 Å². The summed E-state index contributed by atoms with van der Waals surface area (Å²) in [5.41, 5.74) is 1.65. The minimum atomic E-state index is 0.261. The van der Waals surface area contributed by atoms with Crippen LogP contribution in [0.1, 0.15) is 45.4 Å². The van der Waals surface area contributed by atoms with Gasteiger partial charge in [0.2, 0.25) is 0 Å². The molecule has 1 N–H and O–H groups in total. The third-order valence-corrected chi connectivity index (χ3v) is 6.64. The molecule has 3 aliphatic carbocycles. The maximum Gasteiger partial charge on any atom is 0.0676 e. The zero-order valence-corrected chi connectivity index (χ0v) is 12.4. The first-order valence-corrected chi connectivity index (χ1v) is 7.97. The Morgan fingerprint density at radius 2 is 2.00 bits per heavy atom. The van der Waals surface area contributed by atoms with Gasteiger partial charge in [0.1, 0.15) is 0 Å². The number of rotatable bonds is 3. The SMILES string of the molecule is C=C1C2C(CO)CC(C2OC)C1(C)C1CCCCC1. The highest BCUT2D eigenvalue weighted by molar-refractivity contribution is 5.31. The van der Waals surface area contributed by atoms with E-state index in [1.54, 1.807) is 0 Å². The second-order valence-corrected chi connectivity index (χ2v) is 7.15. The summed E-state index contributed by atoms with van der Waals surface area (Å²) < 4.78 is 5.81. The number of methoxy groups -OCH3 is 1. The van der Waals surface area contributed by atoms with Crippen LogP contribution in [0.5, 0.6) is 0 Å². The van der Waals surface area contributed by atoms with Crippen molar-refractivity contribution in [3.8, 4) is 0 Å². The van der Waals surface area contributed by atoms with Crippen LogP contribution in [0.25, 0.3) is 0 Å². The molecule has 0 heterocycles. The number of hydrogen-bond acceptors (Lipinski definition) is 2. The Balaban J connectivity index is 1.89. The zero-order valence-electron chi connectivity index (χ0n) is 12.4. The van der Waals surface area contributed by atoms with Crippen molar-refractivity contribution in [2.75, 3.05) is 13.7 Å². The summed E-state index contributed by atoms with van der Waals surface area (Å²) in [4.78, 5) is 0. The topological polar surface area (TPSA) is 29.5 Å². The van der Waals surface area contributed by atoms with Crippen molar-refractivity contribution in [1.29, 1.82) is 0 Å². The van der Waals surface area contributed by atoms with Gasteiger partial charge < -0.3 is 9.84 Å². The van der Waals surface area contributed by atoms with E-state index in [-0.39, 0.29) is 5.41 Å². The van der Waals surface area contributed by atoms with E-state index in [2.05, 4.69) is 13.5 Å². The van der Waals surface area contributed by atoms with E-state index in [0.717, 1.165) is 12.3 Å². The van der Waals surface area contributed by atoms with E-state index < -0.39 is 0 Å². The number of fused-ring (bicyclic) bond motifs is 2. The molecule has 0 radical (unpaired) electrons. The third-order valence-electron chi connectivity index (χ3n) is 6.64. The molecule has 2 bridgehead atoms. The highest BCUT2D eigenvalue weighted by Crippen LogP contribution is 2.66. The maximum atomic E-state index is 9.60. The molecule has 5 atom stereocenters. The van der Waals surface area contributed by atoms with Gasteiger partial charge in [-0.25, -0.2) is 0 Å². The minimum Gasteiger partial charge on any atom is -0.396 e. The van der Waals surface area contributed by atoms with Gasteiger partial charge in [-0.05, 0) is 42.4 Å². The second kappa shape index (κ2) is 4.89. The highest BCUT2D eigenvalue weighted by Gasteiger charge is 2.63. The molecule has 0 aliphatic heterocycles. The van der Waals surface area contributed by atoms with Crippen LogP contribution in [0.4, 0.5) is 0 Å². The highest BCUT2D eigenvalue weighted by atomic mass is 16.5. The van der Waals surface area contributed by atoms with Gasteiger partial charge in [-0.1, -0.05) is 38.3 Å². The van der Waals surface area contributed by atoms with E-state index in [9.17, 15) is 5.11 Å². The fraction of sp³-hybridized carbons (Fsp3) is 0.882. The van der Waals surface area contributed by atoms with Gasteiger partial charge in [0.25, 0.3) is 0 Å². The van der Waals surface area contributed by atoms with Gasteiger partial charge in [-0.2, -0.15) is 0 Å². The van der Waals surface area contributed by atoms with Crippen molar-refractivity contribution in [3.05, 3.63) is 12.2 Å². The molecule has 5 unspecified atom stereocenters. The molecule has 0 amide bonds. The van der Waals surface area contributed by atoms with Crippen LogP contribution in [0.2, 0.25) is 0 Å². The predicted molar refractivity (Wildman–Crippen MR) is 76.8 cm³/mol. The largest absolute Gasteiger partial charge is 0.396 e. The lowest BCUT2D eigenvalue weighted by Gasteiger charge is -2.46. The molecule has 0 aromatic heterocycles. The Hall–Kier alpha value is -0.340. The summed E-state index contributed by atoms with van der Waals surface area (Å²) in [6.07, 6.45) is 8.32. The summed E-state index contributed by atoms with van der Waals surface area (Å²) >= 11 is 0. The van der Waals surface area contributed by atoms with Crippen LogP contribution >= 0.6 is 0 Å². The van der Waals surface area contributed by atoms with Crippen LogP contribution in [0, 0.1) is 29.1 Å². The molecule has 0 spiro atoms. The van der Waals surface area contributed by atoms with Crippen molar-refractivity contribution in [3.63, 3.8) is 0 Å². The molecule has 3 fully saturated rings. The van der Waals surface area contributed by atoms with E-state index in [0.29, 0.717) is 30.5 Å². The Bertz CT molecular complexity index is 358. The van der Waals surface area contributed by atoms with E-state index >= 15 is 0 Å². The van der Waals surface area contributed by atoms with Crippen molar-refractivity contribution < 1.29 is 9.84 Å². The molecule has 3 rings (SSSR count). The first-order valence-electron chi connectivity index (χ1n) is 7.97. The van der Waals surface area contributed by atoms with Crippen LogP contribution < -0.4 is 0 Å². The monoisotopic (exact) mass is 264 g/mol. The molecular formula is C17H28O2. The molecular weight excluding hydrogens is 236 g/mol. The Morgan fingerprint density at radius 1 is 1.32 bits per heavy atom. The standard InChI is InChI=1S/C17H28O2/c1-11-15-12(10-18)9-14(16(15)19-3)17(11,2)13-7-5-4-6-8-13/h12-16,18H,1,4-10H2,2-3H3. The summed E-state index contributed by atoms with van der Waals surface area (Å²) in [6.45, 7) is 7.20. The summed E-state index contributed by atoms with van der Waals surface area (Å²) in [5, 5.41) is 9.60. The lowest BCUT2D eigenvalue weighted by Crippen LogP contribution is -2.39. The smallest absolute Gasteiger partial charge is 0.0676 e. The normalized spacial score (nSPS) is 47.0. The van der Waals surface area contributed by atoms with E-state index in [4.69, 9.17) is 4.74 Å². The molecule has 3 saturated carbocycles. The number of aliphatic hydroxyl groups is 1. The summed E-state index contributed by atoms with van der Waals surface area (Å²) in [5.74, 6) is 2.15. The molecule has 2 heteroatoms. The first-order chi connectivity index (χ1) is 9.14. The van der Waals surface area contributed by atoms with Gasteiger partial charge in [0.15, 0.2) is 0 Å². The number of ether oxygens (including phenoxy) is 1. The van der Waals surface area contributed by atoms with Crippen LogP contribution in [0.3, 0.4) is 0 Å². The fourth-order valence-corrected chi connectivity index (χ4v) is 5.56. The lowest BCUT2D eigenvalue weighted by molar-refractivity contribution is 0.0239. The second-order valence-electron chi connectivity index (χ2n) is 7.15. The van der Waals surface area contributed by atoms with Crippen molar-refractivity contribution in [2.24, 2.45) is 29.1 Å². The average Bonchev–Trinajstić information content (AvgIpc) is 2.93. The van der Waals surface area contributed by atoms with Crippen LogP contribution in [0.15, 0.2) is 12.2 Å². The van der Waals surface area contributed by atoms with Crippen molar-refractivity contribution >= 4 is 0 Å². The van der Waals surface area contributed by atoms with E-state index in [1.165, 1.54) is 37.7 Å². The third kappa shape index (κ3) is 1.76. The lowest BCUT2D eigenvalue weighted by atomic mass is 9.59. The van der Waals surface area contributed by atoms with Crippen molar-refractivity contribution in [2.45, 2.75) is 51.6 Å². The first kappa shape index (κ1) is 13.6. The Morgan fingerprint density at radius 3 is 2.58 bits per heavy atom. The van der Waals surface area contributed by atoms with Crippen LogP contribution in [-0.4, -0.2) is 24.9 Å². The quantitative estimate of drug-likeness (QED) is 0.792. The van der Waals surface area contributed by atoms with Crippen molar-refractivity contribution in [1.82, 2.24) is 0 Å². The zero-order chi connectivity index (χ0) is 13.6. The molecule has 19 heavy (non-hydrogen) atoms. The average molecular weight is 264 g/mol. The molecule has 2 nitrogen and oxygen atoms in total. The maximum absolute atomic E-state index is 9.60. The number of hydrogen-bond donors (Lipinski definition) is 1. The predicted octanol–water partition coefficient (Wildman–Crippen LogP) is 3.40. The van der Waals surface area contributed by atoms with Gasteiger partial charge in [0.05, 0.1) is 6.10 Å². The molecule has 108 valence electrons.